The Morgan fingerprint density at radius 3 is 2.74 bits per heavy atom. The molecule has 1 aromatic heterocycles. The second-order valence-corrected chi connectivity index (χ2v) is 4.86. The first-order valence-corrected chi connectivity index (χ1v) is 6.16. The second kappa shape index (κ2) is 4.23. The molecule has 1 N–H and O–H groups in total. The van der Waals surface area contributed by atoms with Crippen molar-refractivity contribution < 1.29 is 17.9 Å². The van der Waals surface area contributed by atoms with Gasteiger partial charge in [-0.05, 0) is 38.0 Å². The fraction of sp³-hybridized carbons (Fsp3) is 0.462. The van der Waals surface area contributed by atoms with E-state index in [-0.39, 0.29) is 12.2 Å². The molecule has 1 aliphatic rings. The quantitative estimate of drug-likeness (QED) is 0.855. The number of benzene rings is 1. The highest BCUT2D eigenvalue weighted by atomic mass is 19.4. The summed E-state index contributed by atoms with van der Waals surface area (Å²) >= 11 is 0. The van der Waals surface area contributed by atoms with Gasteiger partial charge in [0, 0.05) is 0 Å². The Morgan fingerprint density at radius 1 is 1.32 bits per heavy atom. The normalized spacial score (nSPS) is 24.2. The maximum Gasteiger partial charge on any atom is 0.416 e. The molecule has 2 unspecified atom stereocenters. The monoisotopic (exact) mass is 270 g/mol. The lowest BCUT2D eigenvalue weighted by atomic mass is 10.2. The molecule has 0 bridgehead atoms. The van der Waals surface area contributed by atoms with Gasteiger partial charge in [0.05, 0.1) is 22.7 Å². The number of alkyl halides is 3. The first-order valence-electron chi connectivity index (χ1n) is 6.16. The fourth-order valence-corrected chi connectivity index (χ4v) is 2.36. The van der Waals surface area contributed by atoms with Crippen molar-refractivity contribution in [3.8, 4) is 0 Å². The van der Waals surface area contributed by atoms with E-state index in [0.717, 1.165) is 25.0 Å². The lowest BCUT2D eigenvalue weighted by Crippen LogP contribution is -2.04. The average Bonchev–Trinajstić information content (AvgIpc) is 2.92. The van der Waals surface area contributed by atoms with Crippen molar-refractivity contribution in [3.63, 3.8) is 0 Å². The Labute approximate surface area is 107 Å². The number of imidazole rings is 1. The van der Waals surface area contributed by atoms with Crippen LogP contribution < -0.4 is 0 Å². The molecule has 0 aliphatic carbocycles. The summed E-state index contributed by atoms with van der Waals surface area (Å²) in [6, 6.07) is 3.52. The highest BCUT2D eigenvalue weighted by Crippen LogP contribution is 2.34. The minimum Gasteiger partial charge on any atom is -0.367 e. The van der Waals surface area contributed by atoms with Gasteiger partial charge < -0.3 is 9.72 Å². The van der Waals surface area contributed by atoms with Crippen LogP contribution in [0, 0.1) is 0 Å². The van der Waals surface area contributed by atoms with Gasteiger partial charge in [-0.1, -0.05) is 0 Å². The predicted molar refractivity (Wildman–Crippen MR) is 63.6 cm³/mol. The molecule has 0 radical (unpaired) electrons. The SMILES string of the molecule is CC1CCC(c2nc3ccc(C(F)(F)F)cc3[nH]2)O1. The molecule has 0 amide bonds. The van der Waals surface area contributed by atoms with Gasteiger partial charge >= 0.3 is 6.18 Å². The van der Waals surface area contributed by atoms with Gasteiger partial charge in [0.2, 0.25) is 0 Å². The minimum atomic E-state index is -4.34. The Kier molecular flexibility index (Phi) is 2.78. The molecule has 1 saturated heterocycles. The van der Waals surface area contributed by atoms with Gasteiger partial charge in [-0.25, -0.2) is 4.98 Å². The number of hydrogen-bond donors (Lipinski definition) is 1. The van der Waals surface area contributed by atoms with Gasteiger partial charge in [0.15, 0.2) is 0 Å². The van der Waals surface area contributed by atoms with E-state index < -0.39 is 11.7 Å². The summed E-state index contributed by atoms with van der Waals surface area (Å²) in [5, 5.41) is 0. The highest BCUT2D eigenvalue weighted by Gasteiger charge is 2.31. The van der Waals surface area contributed by atoms with E-state index in [1.54, 1.807) is 0 Å². The predicted octanol–water partition coefficient (Wildman–Crippen LogP) is 3.82. The molecule has 2 aromatic rings. The average molecular weight is 270 g/mol. The largest absolute Gasteiger partial charge is 0.416 e. The van der Waals surface area contributed by atoms with E-state index in [9.17, 15) is 13.2 Å². The number of H-pyrrole nitrogens is 1. The van der Waals surface area contributed by atoms with Gasteiger partial charge in [0.25, 0.3) is 0 Å². The molecular formula is C13H13F3N2O. The van der Waals surface area contributed by atoms with Crippen LogP contribution in [0.2, 0.25) is 0 Å². The number of rotatable bonds is 1. The number of hydrogen-bond acceptors (Lipinski definition) is 2. The third-order valence-electron chi connectivity index (χ3n) is 3.36. The summed E-state index contributed by atoms with van der Waals surface area (Å²) in [6.07, 6.45) is -2.53. The highest BCUT2D eigenvalue weighted by molar-refractivity contribution is 5.76. The van der Waals surface area contributed by atoms with Crippen LogP contribution in [-0.4, -0.2) is 16.1 Å². The zero-order chi connectivity index (χ0) is 13.6. The minimum absolute atomic E-state index is 0.142. The van der Waals surface area contributed by atoms with Gasteiger partial charge in [-0.3, -0.25) is 0 Å². The summed E-state index contributed by atoms with van der Waals surface area (Å²) in [4.78, 5) is 7.24. The molecule has 3 nitrogen and oxygen atoms in total. The van der Waals surface area contributed by atoms with Gasteiger partial charge in [0.1, 0.15) is 11.9 Å². The molecule has 2 atom stereocenters. The molecule has 1 aliphatic heterocycles. The van der Waals surface area contributed by atoms with E-state index >= 15 is 0 Å². The van der Waals surface area contributed by atoms with E-state index in [0.29, 0.717) is 16.9 Å². The van der Waals surface area contributed by atoms with Crippen molar-refractivity contribution in [3.05, 3.63) is 29.6 Å². The summed E-state index contributed by atoms with van der Waals surface area (Å²) in [7, 11) is 0. The topological polar surface area (TPSA) is 37.9 Å². The molecule has 19 heavy (non-hydrogen) atoms. The Morgan fingerprint density at radius 2 is 2.11 bits per heavy atom. The number of ether oxygens (including phenoxy) is 1. The summed E-state index contributed by atoms with van der Waals surface area (Å²) < 4.78 is 43.5. The number of aromatic amines is 1. The molecule has 0 saturated carbocycles. The second-order valence-electron chi connectivity index (χ2n) is 4.86. The lowest BCUT2D eigenvalue weighted by Gasteiger charge is -2.07. The Bertz CT molecular complexity index is 605. The lowest BCUT2D eigenvalue weighted by molar-refractivity contribution is -0.137. The smallest absolute Gasteiger partial charge is 0.367 e. The Balaban J connectivity index is 1.97. The van der Waals surface area contributed by atoms with Crippen molar-refractivity contribution in [2.75, 3.05) is 0 Å². The first kappa shape index (κ1) is 12.5. The van der Waals surface area contributed by atoms with Gasteiger partial charge in [-0.15, -0.1) is 0 Å². The van der Waals surface area contributed by atoms with Crippen LogP contribution in [0.5, 0.6) is 0 Å². The molecular weight excluding hydrogens is 257 g/mol. The molecule has 0 spiro atoms. The van der Waals surface area contributed by atoms with Crippen LogP contribution in [-0.2, 0) is 10.9 Å². The third kappa shape index (κ3) is 2.32. The van der Waals surface area contributed by atoms with E-state index in [2.05, 4.69) is 9.97 Å². The third-order valence-corrected chi connectivity index (χ3v) is 3.36. The Hall–Kier alpha value is -1.56. The maximum atomic E-state index is 12.6. The van der Waals surface area contributed by atoms with Gasteiger partial charge in [-0.2, -0.15) is 13.2 Å². The molecule has 1 fully saturated rings. The molecule has 3 rings (SSSR count). The molecule has 102 valence electrons. The van der Waals surface area contributed by atoms with Crippen LogP contribution >= 0.6 is 0 Å². The summed E-state index contributed by atoms with van der Waals surface area (Å²) in [5.74, 6) is 0.610. The zero-order valence-electron chi connectivity index (χ0n) is 10.3. The van der Waals surface area contributed by atoms with Crippen molar-refractivity contribution in [1.29, 1.82) is 0 Å². The van der Waals surface area contributed by atoms with E-state index in [4.69, 9.17) is 4.74 Å². The van der Waals surface area contributed by atoms with Crippen LogP contribution in [0.1, 0.15) is 37.3 Å². The number of nitrogens with one attached hydrogen (secondary N) is 1. The van der Waals surface area contributed by atoms with Crippen molar-refractivity contribution in [2.45, 2.75) is 38.1 Å². The number of nitrogens with zero attached hydrogens (tertiary/aromatic N) is 1. The molecule has 1 aromatic carbocycles. The number of aromatic nitrogens is 2. The number of halogens is 3. The van der Waals surface area contributed by atoms with Crippen molar-refractivity contribution >= 4 is 11.0 Å². The summed E-state index contributed by atoms with van der Waals surface area (Å²) in [6.45, 7) is 1.98. The van der Waals surface area contributed by atoms with Crippen LogP contribution in [0.4, 0.5) is 13.2 Å². The van der Waals surface area contributed by atoms with E-state index in [1.807, 2.05) is 6.92 Å². The summed E-state index contributed by atoms with van der Waals surface area (Å²) in [5.41, 5.74) is 0.259. The number of fused-ring (bicyclic) bond motifs is 1. The molecule has 2 heterocycles. The van der Waals surface area contributed by atoms with Crippen LogP contribution in [0.25, 0.3) is 11.0 Å². The molecule has 6 heteroatoms. The van der Waals surface area contributed by atoms with Crippen molar-refractivity contribution in [1.82, 2.24) is 9.97 Å². The van der Waals surface area contributed by atoms with Crippen molar-refractivity contribution in [2.24, 2.45) is 0 Å². The van der Waals surface area contributed by atoms with E-state index in [1.165, 1.54) is 6.07 Å². The maximum absolute atomic E-state index is 12.6. The zero-order valence-corrected chi connectivity index (χ0v) is 10.3. The van der Waals surface area contributed by atoms with Crippen LogP contribution in [0.3, 0.4) is 0 Å². The first-order chi connectivity index (χ1) is 8.93. The van der Waals surface area contributed by atoms with Crippen LogP contribution in [0.15, 0.2) is 18.2 Å². The standard InChI is InChI=1S/C13H13F3N2O/c1-7-2-5-11(19-7)12-17-9-4-3-8(13(14,15)16)6-10(9)18-12/h3-4,6-7,11H,2,5H2,1H3,(H,17,18). The fourth-order valence-electron chi connectivity index (χ4n) is 2.36.